The lowest BCUT2D eigenvalue weighted by Crippen LogP contribution is -2.20. The van der Waals surface area contributed by atoms with E-state index < -0.39 is 0 Å². The number of rotatable bonds is 1. The third kappa shape index (κ3) is 1.30. The Morgan fingerprint density at radius 2 is 2.64 bits per heavy atom. The van der Waals surface area contributed by atoms with Gasteiger partial charge in [0, 0.05) is 11.1 Å². The van der Waals surface area contributed by atoms with Crippen LogP contribution in [-0.4, -0.2) is 10.9 Å². The summed E-state index contributed by atoms with van der Waals surface area (Å²) in [6.45, 7) is 0.831. The lowest BCUT2D eigenvalue weighted by Gasteiger charge is -2.18. The number of aryl methyl sites for hydroxylation is 1. The van der Waals surface area contributed by atoms with Crippen LogP contribution < -0.4 is 5.73 Å². The first-order valence-electron chi connectivity index (χ1n) is 4.02. The van der Waals surface area contributed by atoms with Crippen molar-refractivity contribution in [2.45, 2.75) is 19.3 Å². The first kappa shape index (κ1) is 7.25. The van der Waals surface area contributed by atoms with Crippen LogP contribution in [0.15, 0.2) is 6.20 Å². The quantitative estimate of drug-likeness (QED) is 0.684. The molecular formula is C8H12N2S. The molecule has 1 atom stereocenters. The SMILES string of the molecule is NCC1CCc2cnsc2C1. The number of hydrogen-bond donors (Lipinski definition) is 1. The Bertz CT molecular complexity index is 244. The normalized spacial score (nSPS) is 23.2. The number of fused-ring (bicyclic) bond motifs is 1. The molecule has 11 heavy (non-hydrogen) atoms. The molecule has 0 radical (unpaired) electrons. The zero-order chi connectivity index (χ0) is 7.68. The van der Waals surface area contributed by atoms with Crippen molar-refractivity contribution in [1.82, 2.24) is 4.37 Å². The Morgan fingerprint density at radius 1 is 1.73 bits per heavy atom. The first-order valence-corrected chi connectivity index (χ1v) is 4.80. The van der Waals surface area contributed by atoms with Gasteiger partial charge in [0.25, 0.3) is 0 Å². The largest absolute Gasteiger partial charge is 0.330 e. The van der Waals surface area contributed by atoms with E-state index in [9.17, 15) is 0 Å². The minimum Gasteiger partial charge on any atom is -0.330 e. The van der Waals surface area contributed by atoms with Gasteiger partial charge in [-0.1, -0.05) is 0 Å². The Kier molecular flexibility index (Phi) is 1.92. The number of nitrogens with zero attached hydrogens (tertiary/aromatic N) is 1. The molecule has 1 aliphatic rings. The molecule has 1 aromatic heterocycles. The van der Waals surface area contributed by atoms with E-state index in [1.54, 1.807) is 11.5 Å². The molecule has 0 bridgehead atoms. The molecule has 0 saturated heterocycles. The summed E-state index contributed by atoms with van der Waals surface area (Å²) in [6.07, 6.45) is 5.61. The van der Waals surface area contributed by atoms with Gasteiger partial charge in [-0.15, -0.1) is 0 Å². The Hall–Kier alpha value is -0.410. The van der Waals surface area contributed by atoms with Crippen LogP contribution in [-0.2, 0) is 12.8 Å². The Morgan fingerprint density at radius 3 is 3.45 bits per heavy atom. The lowest BCUT2D eigenvalue weighted by atomic mass is 9.90. The summed E-state index contributed by atoms with van der Waals surface area (Å²) in [4.78, 5) is 1.46. The fourth-order valence-electron chi connectivity index (χ4n) is 1.58. The topological polar surface area (TPSA) is 38.9 Å². The van der Waals surface area contributed by atoms with Crippen molar-refractivity contribution in [3.63, 3.8) is 0 Å². The monoisotopic (exact) mass is 168 g/mol. The maximum Gasteiger partial charge on any atom is 0.0441 e. The fourth-order valence-corrected chi connectivity index (χ4v) is 2.47. The average Bonchev–Trinajstić information content (AvgIpc) is 2.50. The predicted molar refractivity (Wildman–Crippen MR) is 46.7 cm³/mol. The first-order chi connectivity index (χ1) is 5.40. The molecule has 1 aromatic rings. The molecule has 0 spiro atoms. The van der Waals surface area contributed by atoms with Crippen molar-refractivity contribution < 1.29 is 0 Å². The molecule has 0 amide bonds. The van der Waals surface area contributed by atoms with Crippen molar-refractivity contribution in [3.8, 4) is 0 Å². The Balaban J connectivity index is 2.18. The number of aromatic nitrogens is 1. The molecular weight excluding hydrogens is 156 g/mol. The van der Waals surface area contributed by atoms with Gasteiger partial charge in [-0.05, 0) is 48.8 Å². The molecule has 0 saturated carbocycles. The summed E-state index contributed by atoms with van der Waals surface area (Å²) in [5, 5.41) is 0. The molecule has 3 heteroatoms. The van der Waals surface area contributed by atoms with Crippen LogP contribution in [0, 0.1) is 5.92 Å². The molecule has 0 aromatic carbocycles. The maximum atomic E-state index is 5.61. The van der Waals surface area contributed by atoms with Crippen molar-refractivity contribution >= 4 is 11.5 Å². The van der Waals surface area contributed by atoms with Gasteiger partial charge in [0.05, 0.1) is 0 Å². The minimum atomic E-state index is 0.711. The zero-order valence-electron chi connectivity index (χ0n) is 6.42. The molecule has 0 aliphatic heterocycles. The minimum absolute atomic E-state index is 0.711. The van der Waals surface area contributed by atoms with Crippen LogP contribution in [0.5, 0.6) is 0 Å². The molecule has 1 aliphatic carbocycles. The molecule has 1 unspecified atom stereocenters. The maximum absolute atomic E-state index is 5.61. The second kappa shape index (κ2) is 2.91. The van der Waals surface area contributed by atoms with Crippen molar-refractivity contribution in [2.24, 2.45) is 11.7 Å². The van der Waals surface area contributed by atoms with Gasteiger partial charge in [0.15, 0.2) is 0 Å². The number of hydrogen-bond acceptors (Lipinski definition) is 3. The van der Waals surface area contributed by atoms with Gasteiger partial charge in [0.1, 0.15) is 0 Å². The summed E-state index contributed by atoms with van der Waals surface area (Å²) < 4.78 is 4.17. The van der Waals surface area contributed by atoms with Crippen LogP contribution in [0.25, 0.3) is 0 Å². The molecule has 60 valence electrons. The van der Waals surface area contributed by atoms with E-state index in [1.165, 1.54) is 23.3 Å². The zero-order valence-corrected chi connectivity index (χ0v) is 7.23. The highest BCUT2D eigenvalue weighted by Crippen LogP contribution is 2.27. The van der Waals surface area contributed by atoms with E-state index in [2.05, 4.69) is 4.37 Å². The van der Waals surface area contributed by atoms with Crippen molar-refractivity contribution in [2.75, 3.05) is 6.54 Å². The summed E-state index contributed by atoms with van der Waals surface area (Å²) in [6, 6.07) is 0. The second-order valence-corrected chi connectivity index (χ2v) is 4.00. The van der Waals surface area contributed by atoms with Crippen LogP contribution in [0.2, 0.25) is 0 Å². The van der Waals surface area contributed by atoms with E-state index in [-0.39, 0.29) is 0 Å². The number of nitrogens with two attached hydrogens (primary N) is 1. The molecule has 2 rings (SSSR count). The van der Waals surface area contributed by atoms with Gasteiger partial charge in [-0.25, -0.2) is 4.37 Å². The molecule has 2 N–H and O–H groups in total. The highest BCUT2D eigenvalue weighted by Gasteiger charge is 2.18. The summed E-state index contributed by atoms with van der Waals surface area (Å²) in [5.74, 6) is 0.711. The smallest absolute Gasteiger partial charge is 0.0441 e. The van der Waals surface area contributed by atoms with E-state index in [0.29, 0.717) is 5.92 Å². The van der Waals surface area contributed by atoms with E-state index in [0.717, 1.165) is 13.0 Å². The van der Waals surface area contributed by atoms with Crippen LogP contribution >= 0.6 is 11.5 Å². The standard InChI is InChI=1S/C8H12N2S/c9-4-6-1-2-7-5-10-11-8(7)3-6/h5-6H,1-4,9H2. The third-order valence-corrected chi connectivity index (χ3v) is 3.22. The van der Waals surface area contributed by atoms with Gasteiger partial charge < -0.3 is 5.73 Å². The molecule has 1 heterocycles. The van der Waals surface area contributed by atoms with Crippen molar-refractivity contribution in [1.29, 1.82) is 0 Å². The predicted octanol–water partition coefficient (Wildman–Crippen LogP) is 1.21. The van der Waals surface area contributed by atoms with Gasteiger partial charge in [-0.2, -0.15) is 0 Å². The van der Waals surface area contributed by atoms with Gasteiger partial charge in [-0.3, -0.25) is 0 Å². The summed E-state index contributed by atoms with van der Waals surface area (Å²) >= 11 is 1.64. The van der Waals surface area contributed by atoms with Crippen LogP contribution in [0.3, 0.4) is 0 Å². The van der Waals surface area contributed by atoms with E-state index in [1.807, 2.05) is 6.20 Å². The fraction of sp³-hybridized carbons (Fsp3) is 0.625. The average molecular weight is 168 g/mol. The van der Waals surface area contributed by atoms with E-state index in [4.69, 9.17) is 5.73 Å². The van der Waals surface area contributed by atoms with Gasteiger partial charge >= 0.3 is 0 Å². The molecule has 2 nitrogen and oxygen atoms in total. The highest BCUT2D eigenvalue weighted by atomic mass is 32.1. The summed E-state index contributed by atoms with van der Waals surface area (Å²) in [7, 11) is 0. The lowest BCUT2D eigenvalue weighted by molar-refractivity contribution is 0.474. The van der Waals surface area contributed by atoms with Gasteiger partial charge in [0.2, 0.25) is 0 Å². The third-order valence-electron chi connectivity index (χ3n) is 2.36. The second-order valence-electron chi connectivity index (χ2n) is 3.12. The molecule has 0 fully saturated rings. The van der Waals surface area contributed by atoms with Crippen LogP contribution in [0.4, 0.5) is 0 Å². The van der Waals surface area contributed by atoms with E-state index >= 15 is 0 Å². The summed E-state index contributed by atoms with van der Waals surface area (Å²) in [5.41, 5.74) is 7.07. The Labute approximate surface area is 70.6 Å². The van der Waals surface area contributed by atoms with Crippen molar-refractivity contribution in [3.05, 3.63) is 16.6 Å². The van der Waals surface area contributed by atoms with Crippen LogP contribution in [0.1, 0.15) is 16.9 Å². The highest BCUT2D eigenvalue weighted by molar-refractivity contribution is 7.05.